The van der Waals surface area contributed by atoms with Crippen LogP contribution in [0.25, 0.3) is 0 Å². The van der Waals surface area contributed by atoms with Crippen LogP contribution in [0.2, 0.25) is 0 Å². The quantitative estimate of drug-likeness (QED) is 0.153. The minimum Gasteiger partial charge on any atom is -0.493 e. The molecule has 0 aliphatic heterocycles. The topological polar surface area (TPSA) is 27.7 Å². The zero-order valence-electron chi connectivity index (χ0n) is 28.0. The summed E-state index contributed by atoms with van der Waals surface area (Å²) in [5.74, 6) is 0.303. The molecule has 0 aliphatic carbocycles. The lowest BCUT2D eigenvalue weighted by Gasteiger charge is -2.07. The number of halogens is 2. The van der Waals surface area contributed by atoms with E-state index in [0.717, 1.165) is 69.3 Å². The lowest BCUT2D eigenvalue weighted by molar-refractivity contribution is 0.285. The van der Waals surface area contributed by atoms with Crippen LogP contribution in [-0.2, 0) is 0 Å². The predicted octanol–water partition coefficient (Wildman–Crippen LogP) is 12.1. The van der Waals surface area contributed by atoms with Gasteiger partial charge in [0, 0.05) is 0 Å². The Morgan fingerprint density at radius 3 is 1.28 bits per heavy atom. The second-order valence-corrected chi connectivity index (χ2v) is 10.1. The molecule has 242 valence electrons. The van der Waals surface area contributed by atoms with E-state index < -0.39 is 11.6 Å². The number of para-hydroxylation sites is 2. The molecule has 0 unspecified atom stereocenters. The van der Waals surface area contributed by atoms with Crippen LogP contribution >= 0.6 is 0 Å². The molecule has 0 aromatic heterocycles. The first-order valence-electron chi connectivity index (χ1n) is 16.4. The van der Waals surface area contributed by atoms with E-state index in [-0.39, 0.29) is 5.75 Å². The van der Waals surface area contributed by atoms with Crippen LogP contribution in [0.3, 0.4) is 0 Å². The van der Waals surface area contributed by atoms with Crippen molar-refractivity contribution in [3.63, 3.8) is 0 Å². The van der Waals surface area contributed by atoms with Gasteiger partial charge in [-0.1, -0.05) is 122 Å². The average Bonchev–Trinajstić information content (AvgIpc) is 3.03. The third kappa shape index (κ3) is 19.7. The highest BCUT2D eigenvalue weighted by Crippen LogP contribution is 2.20. The number of hydrogen-bond donors (Lipinski definition) is 0. The average molecular weight is 601 g/mol. The van der Waals surface area contributed by atoms with E-state index >= 15 is 0 Å². The molecule has 43 heavy (non-hydrogen) atoms. The molecule has 0 aliphatic rings. The summed E-state index contributed by atoms with van der Waals surface area (Å²) in [5, 5.41) is 0. The second kappa shape index (κ2) is 27.7. The molecule has 0 saturated carbocycles. The molecule has 0 amide bonds. The van der Waals surface area contributed by atoms with Crippen LogP contribution in [0.4, 0.5) is 8.78 Å². The van der Waals surface area contributed by atoms with Gasteiger partial charge in [-0.25, -0.2) is 4.39 Å². The molecule has 0 bridgehead atoms. The molecule has 0 spiro atoms. The number of ether oxygens (including phenoxy) is 3. The van der Waals surface area contributed by atoms with Crippen molar-refractivity contribution in [1.29, 1.82) is 0 Å². The maximum Gasteiger partial charge on any atom is 0.200 e. The molecule has 3 aromatic carbocycles. The molecular weight excluding hydrogens is 542 g/mol. The fraction of sp³-hybridized carbons (Fsp3) is 0.526. The highest BCUT2D eigenvalue weighted by atomic mass is 19.2. The summed E-state index contributed by atoms with van der Waals surface area (Å²) in [4.78, 5) is 0. The number of rotatable bonds is 16. The van der Waals surface area contributed by atoms with E-state index in [4.69, 9.17) is 14.2 Å². The highest BCUT2D eigenvalue weighted by Gasteiger charge is 2.07. The third-order valence-corrected chi connectivity index (χ3v) is 6.37. The second-order valence-electron chi connectivity index (χ2n) is 10.1. The van der Waals surface area contributed by atoms with Crippen LogP contribution in [0.15, 0.2) is 66.7 Å². The summed E-state index contributed by atoms with van der Waals surface area (Å²) in [7, 11) is 0. The Hall–Kier alpha value is -3.08. The SMILES string of the molecule is CC.CCCCCCOc1cccc(F)c1F.CCCCCOc1ccccc1C.CCCCCOc1ccccc1C. The van der Waals surface area contributed by atoms with Gasteiger partial charge >= 0.3 is 0 Å². The zero-order valence-corrected chi connectivity index (χ0v) is 28.0. The molecule has 5 heteroatoms. The zero-order chi connectivity index (χ0) is 32.1. The Bertz CT molecular complexity index is 1000. The Morgan fingerprint density at radius 1 is 0.465 bits per heavy atom. The number of benzene rings is 3. The van der Waals surface area contributed by atoms with Gasteiger partial charge in [0.05, 0.1) is 19.8 Å². The van der Waals surface area contributed by atoms with Crippen molar-refractivity contribution in [1.82, 2.24) is 0 Å². The minimum absolute atomic E-state index is 0.00602. The van der Waals surface area contributed by atoms with E-state index in [1.807, 2.05) is 50.2 Å². The van der Waals surface area contributed by atoms with Crippen molar-refractivity contribution in [2.75, 3.05) is 19.8 Å². The van der Waals surface area contributed by atoms with Crippen LogP contribution in [0.1, 0.15) is 110 Å². The van der Waals surface area contributed by atoms with Crippen molar-refractivity contribution in [2.24, 2.45) is 0 Å². The van der Waals surface area contributed by atoms with E-state index in [9.17, 15) is 8.78 Å². The fourth-order valence-corrected chi connectivity index (χ4v) is 3.81. The Morgan fingerprint density at radius 2 is 0.837 bits per heavy atom. The smallest absolute Gasteiger partial charge is 0.200 e. The van der Waals surface area contributed by atoms with Crippen LogP contribution in [-0.4, -0.2) is 19.8 Å². The molecule has 0 saturated heterocycles. The van der Waals surface area contributed by atoms with Gasteiger partial charge in [0.15, 0.2) is 11.6 Å². The lowest BCUT2D eigenvalue weighted by Crippen LogP contribution is -2.00. The Labute approximate surface area is 262 Å². The van der Waals surface area contributed by atoms with Gasteiger partial charge in [-0.3, -0.25) is 0 Å². The first kappa shape index (κ1) is 39.9. The summed E-state index contributed by atoms with van der Waals surface area (Å²) in [6.07, 6.45) is 11.6. The molecule has 3 aromatic rings. The standard InChI is InChI=1S/C12H16F2O.2C12H18O.C2H6/c1-2-3-4-5-9-15-11-8-6-7-10(13)12(11)14;2*1-3-4-7-10-13-12-9-6-5-8-11(12)2;1-2/h6-8H,2-5,9H2,1H3;2*5-6,8-9H,3-4,7,10H2,1-2H3;1-2H3. The van der Waals surface area contributed by atoms with Crippen LogP contribution in [0, 0.1) is 25.5 Å². The van der Waals surface area contributed by atoms with Crippen LogP contribution < -0.4 is 14.2 Å². The molecule has 3 nitrogen and oxygen atoms in total. The van der Waals surface area contributed by atoms with Crippen LogP contribution in [0.5, 0.6) is 17.2 Å². The molecule has 0 N–H and O–H groups in total. The van der Waals surface area contributed by atoms with Gasteiger partial charge < -0.3 is 14.2 Å². The molecule has 0 fully saturated rings. The van der Waals surface area contributed by atoms with E-state index in [1.54, 1.807) is 0 Å². The minimum atomic E-state index is -0.895. The van der Waals surface area contributed by atoms with E-state index in [1.165, 1.54) is 48.9 Å². The maximum atomic E-state index is 13.1. The Balaban J connectivity index is 0.000000599. The van der Waals surface area contributed by atoms with Crippen molar-refractivity contribution in [2.45, 2.75) is 113 Å². The first-order valence-corrected chi connectivity index (χ1v) is 16.4. The number of hydrogen-bond acceptors (Lipinski definition) is 3. The predicted molar refractivity (Wildman–Crippen MR) is 180 cm³/mol. The normalized spacial score (nSPS) is 9.79. The molecule has 0 atom stereocenters. The largest absolute Gasteiger partial charge is 0.493 e. The van der Waals surface area contributed by atoms with E-state index in [0.29, 0.717) is 6.61 Å². The molecule has 0 radical (unpaired) electrons. The summed E-state index contributed by atoms with van der Waals surface area (Å²) >= 11 is 0. The summed E-state index contributed by atoms with van der Waals surface area (Å²) in [5.41, 5.74) is 2.44. The van der Waals surface area contributed by atoms with Gasteiger partial charge in [0.25, 0.3) is 0 Å². The number of aryl methyl sites for hydroxylation is 2. The van der Waals surface area contributed by atoms with Gasteiger partial charge in [-0.05, 0) is 68.5 Å². The summed E-state index contributed by atoms with van der Waals surface area (Å²) < 4.78 is 42.3. The third-order valence-electron chi connectivity index (χ3n) is 6.37. The van der Waals surface area contributed by atoms with Gasteiger partial charge in [0.1, 0.15) is 11.5 Å². The highest BCUT2D eigenvalue weighted by molar-refractivity contribution is 5.32. The lowest BCUT2D eigenvalue weighted by atomic mass is 10.2. The number of unbranched alkanes of at least 4 members (excludes halogenated alkanes) is 7. The first-order chi connectivity index (χ1) is 20.9. The fourth-order valence-electron chi connectivity index (χ4n) is 3.81. The van der Waals surface area contributed by atoms with Crippen molar-refractivity contribution in [3.05, 3.63) is 89.5 Å². The molecule has 3 rings (SSSR count). The molecule has 0 heterocycles. The van der Waals surface area contributed by atoms with E-state index in [2.05, 4.69) is 46.8 Å². The van der Waals surface area contributed by atoms with Gasteiger partial charge in [0.2, 0.25) is 5.82 Å². The monoisotopic (exact) mass is 600 g/mol. The van der Waals surface area contributed by atoms with Crippen molar-refractivity contribution in [3.8, 4) is 17.2 Å². The van der Waals surface area contributed by atoms with Gasteiger partial charge in [-0.2, -0.15) is 4.39 Å². The maximum absolute atomic E-state index is 13.1. The van der Waals surface area contributed by atoms with Crippen molar-refractivity contribution < 1.29 is 23.0 Å². The summed E-state index contributed by atoms with van der Waals surface area (Å²) in [6.45, 7) is 16.8. The van der Waals surface area contributed by atoms with Gasteiger partial charge in [-0.15, -0.1) is 0 Å². The summed E-state index contributed by atoms with van der Waals surface area (Å²) in [6, 6.07) is 20.3. The Kier molecular flexibility index (Phi) is 25.7. The van der Waals surface area contributed by atoms with Crippen molar-refractivity contribution >= 4 is 0 Å². The molecular formula is C38H58F2O3.